The largest absolute Gasteiger partial charge is 0.496 e. The van der Waals surface area contributed by atoms with Crippen LogP contribution in [0.2, 0.25) is 0 Å². The zero-order valence-electron chi connectivity index (χ0n) is 11.6. The molecule has 0 saturated carbocycles. The molecule has 6 heteroatoms. The quantitative estimate of drug-likeness (QED) is 0.828. The van der Waals surface area contributed by atoms with E-state index in [0.717, 1.165) is 11.6 Å². The van der Waals surface area contributed by atoms with E-state index in [9.17, 15) is 13.2 Å². The minimum absolute atomic E-state index is 0.0405. The molecule has 0 amide bonds. The van der Waals surface area contributed by atoms with E-state index in [1.54, 1.807) is 18.2 Å². The molecule has 0 radical (unpaired) electrons. The van der Waals surface area contributed by atoms with E-state index >= 15 is 0 Å². The molecule has 0 spiro atoms. The Kier molecular flexibility index (Phi) is 3.97. The molecule has 0 atom stereocenters. The van der Waals surface area contributed by atoms with Gasteiger partial charge >= 0.3 is 6.18 Å². The molecular formula is C15H15F3N2O. The summed E-state index contributed by atoms with van der Waals surface area (Å²) in [4.78, 5) is 0. The minimum Gasteiger partial charge on any atom is -0.496 e. The average molecular weight is 296 g/mol. The van der Waals surface area contributed by atoms with Crippen LogP contribution in [0.25, 0.3) is 0 Å². The number of nitrogens with one attached hydrogen (secondary N) is 1. The van der Waals surface area contributed by atoms with Crippen molar-refractivity contribution >= 4 is 17.1 Å². The number of anilines is 3. The SMILES string of the molecule is COc1ccc(Nc2ccc(N)cc2C(F)(F)F)cc1C. The number of alkyl halides is 3. The molecule has 112 valence electrons. The van der Waals surface area contributed by atoms with Gasteiger partial charge in [-0.3, -0.25) is 0 Å². The first kappa shape index (κ1) is 15.0. The van der Waals surface area contributed by atoms with Gasteiger partial charge in [-0.05, 0) is 48.9 Å². The predicted octanol–water partition coefficient (Wildman–Crippen LogP) is 4.35. The maximum Gasteiger partial charge on any atom is 0.418 e. The van der Waals surface area contributed by atoms with Gasteiger partial charge in [0.05, 0.1) is 18.4 Å². The molecule has 0 aromatic heterocycles. The highest BCUT2D eigenvalue weighted by molar-refractivity contribution is 5.68. The van der Waals surface area contributed by atoms with Crippen LogP contribution < -0.4 is 15.8 Å². The molecule has 2 aromatic rings. The topological polar surface area (TPSA) is 47.3 Å². The van der Waals surface area contributed by atoms with Gasteiger partial charge in [0.15, 0.2) is 0 Å². The second-order valence-corrected chi connectivity index (χ2v) is 4.61. The third-order valence-corrected chi connectivity index (χ3v) is 3.02. The second kappa shape index (κ2) is 5.55. The number of ether oxygens (including phenoxy) is 1. The van der Waals surface area contributed by atoms with Gasteiger partial charge in [-0.15, -0.1) is 0 Å². The molecule has 0 bridgehead atoms. The monoisotopic (exact) mass is 296 g/mol. The first-order valence-corrected chi connectivity index (χ1v) is 6.19. The highest BCUT2D eigenvalue weighted by Gasteiger charge is 2.33. The van der Waals surface area contributed by atoms with Crippen LogP contribution in [0.4, 0.5) is 30.2 Å². The molecule has 0 saturated heterocycles. The van der Waals surface area contributed by atoms with E-state index in [0.29, 0.717) is 11.4 Å². The summed E-state index contributed by atoms with van der Waals surface area (Å²) in [6, 6.07) is 8.73. The first-order chi connectivity index (χ1) is 9.81. The van der Waals surface area contributed by atoms with Gasteiger partial charge in [-0.2, -0.15) is 13.2 Å². The lowest BCUT2D eigenvalue weighted by molar-refractivity contribution is -0.136. The highest BCUT2D eigenvalue weighted by atomic mass is 19.4. The van der Waals surface area contributed by atoms with Gasteiger partial charge in [0.2, 0.25) is 0 Å². The van der Waals surface area contributed by atoms with Crippen molar-refractivity contribution in [3.8, 4) is 5.75 Å². The lowest BCUT2D eigenvalue weighted by Gasteiger charge is -2.16. The number of hydrogen-bond donors (Lipinski definition) is 2. The fourth-order valence-electron chi connectivity index (χ4n) is 2.02. The molecular weight excluding hydrogens is 281 g/mol. The Bertz CT molecular complexity index is 654. The third kappa shape index (κ3) is 3.39. The number of hydrogen-bond acceptors (Lipinski definition) is 3. The van der Waals surface area contributed by atoms with Crippen molar-refractivity contribution in [1.82, 2.24) is 0 Å². The van der Waals surface area contributed by atoms with Crippen molar-refractivity contribution < 1.29 is 17.9 Å². The lowest BCUT2D eigenvalue weighted by Crippen LogP contribution is -2.09. The van der Waals surface area contributed by atoms with Gasteiger partial charge in [0, 0.05) is 11.4 Å². The third-order valence-electron chi connectivity index (χ3n) is 3.02. The van der Waals surface area contributed by atoms with E-state index in [2.05, 4.69) is 5.32 Å². The lowest BCUT2D eigenvalue weighted by atomic mass is 10.1. The van der Waals surface area contributed by atoms with Crippen LogP contribution >= 0.6 is 0 Å². The molecule has 3 N–H and O–H groups in total. The number of halogens is 3. The summed E-state index contributed by atoms with van der Waals surface area (Å²) < 4.78 is 44.2. The van der Waals surface area contributed by atoms with Crippen molar-refractivity contribution in [1.29, 1.82) is 0 Å². The summed E-state index contributed by atoms with van der Waals surface area (Å²) in [6.07, 6.45) is -4.47. The average Bonchev–Trinajstić information content (AvgIpc) is 2.40. The summed E-state index contributed by atoms with van der Waals surface area (Å²) in [5.41, 5.74) is 6.04. The van der Waals surface area contributed by atoms with Gasteiger partial charge in [0.25, 0.3) is 0 Å². The van der Waals surface area contributed by atoms with Crippen LogP contribution in [0.15, 0.2) is 36.4 Å². The summed E-state index contributed by atoms with van der Waals surface area (Å²) in [7, 11) is 1.54. The molecule has 21 heavy (non-hydrogen) atoms. The van der Waals surface area contributed by atoms with Crippen LogP contribution in [0.5, 0.6) is 5.75 Å². The number of aryl methyl sites for hydroxylation is 1. The smallest absolute Gasteiger partial charge is 0.418 e. The summed E-state index contributed by atoms with van der Waals surface area (Å²) in [5.74, 6) is 0.675. The maximum atomic E-state index is 13.0. The van der Waals surface area contributed by atoms with Crippen molar-refractivity contribution in [2.24, 2.45) is 0 Å². The summed E-state index contributed by atoms with van der Waals surface area (Å²) in [5, 5.41) is 2.77. The summed E-state index contributed by atoms with van der Waals surface area (Å²) >= 11 is 0. The van der Waals surface area contributed by atoms with E-state index in [-0.39, 0.29) is 11.4 Å². The molecule has 0 aliphatic rings. The molecule has 3 nitrogen and oxygen atoms in total. The minimum atomic E-state index is -4.47. The molecule has 0 aliphatic heterocycles. The number of methoxy groups -OCH3 is 1. The maximum absolute atomic E-state index is 13.0. The number of rotatable bonds is 3. The van der Waals surface area contributed by atoms with Crippen LogP contribution in [-0.2, 0) is 6.18 Å². The fourth-order valence-corrected chi connectivity index (χ4v) is 2.02. The Morgan fingerprint density at radius 3 is 2.38 bits per heavy atom. The number of nitrogen functional groups attached to an aromatic ring is 1. The summed E-state index contributed by atoms with van der Waals surface area (Å²) in [6.45, 7) is 1.82. The Morgan fingerprint density at radius 2 is 1.81 bits per heavy atom. The Balaban J connectivity index is 2.38. The van der Waals surface area contributed by atoms with Crippen molar-refractivity contribution in [2.75, 3.05) is 18.2 Å². The highest BCUT2D eigenvalue weighted by Crippen LogP contribution is 2.37. The van der Waals surface area contributed by atoms with Gasteiger partial charge < -0.3 is 15.8 Å². The molecule has 0 fully saturated rings. The zero-order valence-corrected chi connectivity index (χ0v) is 11.6. The van der Waals surface area contributed by atoms with E-state index < -0.39 is 11.7 Å². The van der Waals surface area contributed by atoms with E-state index in [4.69, 9.17) is 10.5 Å². The van der Waals surface area contributed by atoms with Crippen molar-refractivity contribution in [3.63, 3.8) is 0 Å². The van der Waals surface area contributed by atoms with Gasteiger partial charge in [-0.25, -0.2) is 0 Å². The molecule has 0 unspecified atom stereocenters. The fraction of sp³-hybridized carbons (Fsp3) is 0.200. The zero-order chi connectivity index (χ0) is 15.6. The van der Waals surface area contributed by atoms with Gasteiger partial charge in [0.1, 0.15) is 5.75 Å². The second-order valence-electron chi connectivity index (χ2n) is 4.61. The van der Waals surface area contributed by atoms with Gasteiger partial charge in [-0.1, -0.05) is 0 Å². The molecule has 2 aromatic carbocycles. The number of benzene rings is 2. The molecule has 0 aliphatic carbocycles. The Labute approximate surface area is 120 Å². The van der Waals surface area contributed by atoms with Crippen molar-refractivity contribution in [3.05, 3.63) is 47.5 Å². The Morgan fingerprint density at radius 1 is 1.10 bits per heavy atom. The van der Waals surface area contributed by atoms with Crippen LogP contribution in [0.3, 0.4) is 0 Å². The standard InChI is InChI=1S/C15H15F3N2O/c1-9-7-11(4-6-14(9)21-2)20-13-5-3-10(19)8-12(13)15(16,17)18/h3-8,20H,19H2,1-2H3. The van der Waals surface area contributed by atoms with E-state index in [1.807, 2.05) is 6.92 Å². The van der Waals surface area contributed by atoms with E-state index in [1.165, 1.54) is 19.2 Å². The normalized spacial score (nSPS) is 11.3. The Hall–Kier alpha value is -2.37. The van der Waals surface area contributed by atoms with Crippen LogP contribution in [-0.4, -0.2) is 7.11 Å². The first-order valence-electron chi connectivity index (χ1n) is 6.19. The predicted molar refractivity (Wildman–Crippen MR) is 76.9 cm³/mol. The molecule has 0 heterocycles. The molecule has 2 rings (SSSR count). The van der Waals surface area contributed by atoms with Crippen molar-refractivity contribution in [2.45, 2.75) is 13.1 Å². The number of nitrogens with two attached hydrogens (primary N) is 1. The van der Waals surface area contributed by atoms with Crippen LogP contribution in [0.1, 0.15) is 11.1 Å². The van der Waals surface area contributed by atoms with Crippen LogP contribution in [0, 0.1) is 6.92 Å².